The molecule has 0 saturated carbocycles. The number of carbonyl (C=O) groups is 1. The van der Waals surface area contributed by atoms with Crippen LogP contribution in [0.1, 0.15) is 43.7 Å². The lowest BCUT2D eigenvalue weighted by Gasteiger charge is -2.44. The molecule has 2 aromatic carbocycles. The molecule has 1 N–H and O–H groups in total. The van der Waals surface area contributed by atoms with Crippen molar-refractivity contribution in [3.63, 3.8) is 0 Å². The highest BCUT2D eigenvalue weighted by Crippen LogP contribution is 2.44. The summed E-state index contributed by atoms with van der Waals surface area (Å²) < 4.78 is 5.81. The molecule has 4 rings (SSSR count). The van der Waals surface area contributed by atoms with Crippen molar-refractivity contribution in [2.24, 2.45) is 5.92 Å². The van der Waals surface area contributed by atoms with Crippen LogP contribution in [-0.4, -0.2) is 41.4 Å². The van der Waals surface area contributed by atoms with Gasteiger partial charge in [0.25, 0.3) is 0 Å². The first-order valence-corrected chi connectivity index (χ1v) is 9.75. The van der Waals surface area contributed by atoms with Gasteiger partial charge in [0.1, 0.15) is 6.61 Å². The normalized spacial score (nSPS) is 20.9. The lowest BCUT2D eigenvalue weighted by molar-refractivity contribution is 0.0156. The maximum atomic E-state index is 12.8. The van der Waals surface area contributed by atoms with Gasteiger partial charge in [-0.05, 0) is 54.9 Å². The summed E-state index contributed by atoms with van der Waals surface area (Å²) in [7, 11) is 0. The van der Waals surface area contributed by atoms with Gasteiger partial charge in [0.15, 0.2) is 0 Å². The van der Waals surface area contributed by atoms with Crippen molar-refractivity contribution in [3.05, 3.63) is 59.7 Å². The summed E-state index contributed by atoms with van der Waals surface area (Å²) in [6, 6.07) is 16.7. The maximum Gasteiger partial charge on any atom is 0.410 e. The number of likely N-dealkylation sites (tertiary alicyclic amines) is 1. The van der Waals surface area contributed by atoms with Crippen molar-refractivity contribution in [1.82, 2.24) is 4.90 Å². The van der Waals surface area contributed by atoms with Crippen LogP contribution >= 0.6 is 0 Å². The summed E-state index contributed by atoms with van der Waals surface area (Å²) in [5, 5.41) is 9.45. The van der Waals surface area contributed by atoms with E-state index in [2.05, 4.69) is 50.2 Å². The fourth-order valence-corrected chi connectivity index (χ4v) is 4.70. The molecule has 0 aromatic heterocycles. The van der Waals surface area contributed by atoms with E-state index in [0.29, 0.717) is 13.2 Å². The van der Waals surface area contributed by atoms with Crippen LogP contribution in [0.3, 0.4) is 0 Å². The average molecular weight is 365 g/mol. The summed E-state index contributed by atoms with van der Waals surface area (Å²) in [4.78, 5) is 14.7. The van der Waals surface area contributed by atoms with Gasteiger partial charge in [-0.25, -0.2) is 4.79 Å². The van der Waals surface area contributed by atoms with E-state index >= 15 is 0 Å². The van der Waals surface area contributed by atoms with Gasteiger partial charge in [-0.15, -0.1) is 0 Å². The van der Waals surface area contributed by atoms with Gasteiger partial charge in [0.05, 0.1) is 0 Å². The quantitative estimate of drug-likeness (QED) is 0.876. The minimum Gasteiger partial charge on any atom is -0.448 e. The van der Waals surface area contributed by atoms with Gasteiger partial charge >= 0.3 is 6.09 Å². The second kappa shape index (κ2) is 7.01. The number of ether oxygens (including phenoxy) is 1. The standard InChI is InChI=1S/C23H27NO3/c1-23(2)13-16(14-25)11-12-24(23)22(26)27-15-21-19-9-5-3-7-17(19)18-8-4-6-10-20(18)21/h3-10,16,21,25H,11-15H2,1-2H3. The summed E-state index contributed by atoms with van der Waals surface area (Å²) in [5.41, 5.74) is 4.62. The summed E-state index contributed by atoms with van der Waals surface area (Å²) in [6.07, 6.45) is 1.37. The molecule has 1 heterocycles. The third kappa shape index (κ3) is 3.23. The van der Waals surface area contributed by atoms with Crippen molar-refractivity contribution >= 4 is 6.09 Å². The molecule has 4 heteroatoms. The number of carbonyl (C=O) groups excluding carboxylic acids is 1. The molecule has 1 atom stereocenters. The minimum atomic E-state index is -0.297. The Hall–Kier alpha value is -2.33. The van der Waals surface area contributed by atoms with E-state index in [9.17, 15) is 9.90 Å². The maximum absolute atomic E-state index is 12.8. The smallest absolute Gasteiger partial charge is 0.410 e. The van der Waals surface area contributed by atoms with Crippen molar-refractivity contribution < 1.29 is 14.6 Å². The second-order valence-electron chi connectivity index (χ2n) is 8.31. The summed E-state index contributed by atoms with van der Waals surface area (Å²) >= 11 is 0. The largest absolute Gasteiger partial charge is 0.448 e. The number of hydrogen-bond donors (Lipinski definition) is 1. The number of piperidine rings is 1. The molecule has 1 saturated heterocycles. The number of nitrogens with zero attached hydrogens (tertiary/aromatic N) is 1. The number of benzene rings is 2. The summed E-state index contributed by atoms with van der Waals surface area (Å²) in [5.74, 6) is 0.345. The Labute approximate surface area is 160 Å². The number of aliphatic hydroxyl groups excluding tert-OH is 1. The van der Waals surface area contributed by atoms with Crippen LogP contribution < -0.4 is 0 Å². The van der Waals surface area contributed by atoms with Crippen LogP contribution in [0.15, 0.2) is 48.5 Å². The average Bonchev–Trinajstić information content (AvgIpc) is 2.99. The molecule has 27 heavy (non-hydrogen) atoms. The van der Waals surface area contributed by atoms with Gasteiger partial charge in [-0.2, -0.15) is 0 Å². The van der Waals surface area contributed by atoms with Gasteiger partial charge in [0.2, 0.25) is 0 Å². The van der Waals surface area contributed by atoms with Crippen molar-refractivity contribution in [2.45, 2.75) is 38.1 Å². The molecule has 0 bridgehead atoms. The molecule has 0 spiro atoms. The lowest BCUT2D eigenvalue weighted by atomic mass is 9.83. The molecule has 2 aromatic rings. The number of aliphatic hydroxyl groups is 1. The summed E-state index contributed by atoms with van der Waals surface area (Å²) in [6.45, 7) is 5.27. The Bertz CT molecular complexity index is 800. The lowest BCUT2D eigenvalue weighted by Crippen LogP contribution is -2.53. The van der Waals surface area contributed by atoms with E-state index in [4.69, 9.17) is 4.74 Å². The predicted molar refractivity (Wildman–Crippen MR) is 106 cm³/mol. The minimum absolute atomic E-state index is 0.0828. The molecule has 1 amide bonds. The van der Waals surface area contributed by atoms with Crippen LogP contribution in [-0.2, 0) is 4.74 Å². The topological polar surface area (TPSA) is 49.8 Å². The first-order valence-electron chi connectivity index (χ1n) is 9.75. The monoisotopic (exact) mass is 365 g/mol. The SMILES string of the molecule is CC1(C)CC(CO)CCN1C(=O)OCC1c2ccccc2-c2ccccc21. The highest BCUT2D eigenvalue weighted by Gasteiger charge is 2.39. The molecule has 142 valence electrons. The predicted octanol–water partition coefficient (Wildman–Crippen LogP) is 4.42. The molecule has 4 nitrogen and oxygen atoms in total. The molecule has 1 fully saturated rings. The highest BCUT2D eigenvalue weighted by molar-refractivity contribution is 5.79. The highest BCUT2D eigenvalue weighted by atomic mass is 16.6. The third-order valence-corrected chi connectivity index (χ3v) is 6.09. The number of amides is 1. The zero-order valence-electron chi connectivity index (χ0n) is 16.0. The first kappa shape index (κ1) is 18.1. The van der Waals surface area contributed by atoms with E-state index in [1.54, 1.807) is 0 Å². The van der Waals surface area contributed by atoms with E-state index in [1.165, 1.54) is 22.3 Å². The van der Waals surface area contributed by atoms with Crippen molar-refractivity contribution in [1.29, 1.82) is 0 Å². The zero-order chi connectivity index (χ0) is 19.0. The number of hydrogen-bond acceptors (Lipinski definition) is 3. The van der Waals surface area contributed by atoms with E-state index in [0.717, 1.165) is 12.8 Å². The van der Waals surface area contributed by atoms with Gasteiger partial charge in [-0.1, -0.05) is 48.5 Å². The fraction of sp³-hybridized carbons (Fsp3) is 0.435. The molecule has 2 aliphatic rings. The van der Waals surface area contributed by atoms with Crippen LogP contribution in [0, 0.1) is 5.92 Å². The van der Waals surface area contributed by atoms with Gasteiger partial charge in [-0.3, -0.25) is 0 Å². The Morgan fingerprint density at radius 3 is 2.26 bits per heavy atom. The number of rotatable bonds is 3. The zero-order valence-corrected chi connectivity index (χ0v) is 16.0. The van der Waals surface area contributed by atoms with Crippen molar-refractivity contribution in [2.75, 3.05) is 19.8 Å². The van der Waals surface area contributed by atoms with E-state index < -0.39 is 0 Å². The molecule has 1 aliphatic carbocycles. The van der Waals surface area contributed by atoms with Crippen LogP contribution in [0.25, 0.3) is 11.1 Å². The first-order chi connectivity index (χ1) is 13.0. The molecule has 1 aliphatic heterocycles. The van der Waals surface area contributed by atoms with Crippen LogP contribution in [0.4, 0.5) is 4.79 Å². The van der Waals surface area contributed by atoms with Gasteiger partial charge < -0.3 is 14.7 Å². The van der Waals surface area contributed by atoms with Gasteiger partial charge in [0, 0.05) is 24.6 Å². The Morgan fingerprint density at radius 1 is 1.11 bits per heavy atom. The molecule has 1 unspecified atom stereocenters. The fourth-order valence-electron chi connectivity index (χ4n) is 4.70. The Kier molecular flexibility index (Phi) is 4.68. The third-order valence-electron chi connectivity index (χ3n) is 6.09. The Balaban J connectivity index is 1.50. The van der Waals surface area contributed by atoms with E-state index in [1.807, 2.05) is 17.0 Å². The Morgan fingerprint density at radius 2 is 1.70 bits per heavy atom. The van der Waals surface area contributed by atoms with Crippen LogP contribution in [0.5, 0.6) is 0 Å². The number of fused-ring (bicyclic) bond motifs is 3. The van der Waals surface area contributed by atoms with Crippen molar-refractivity contribution in [3.8, 4) is 11.1 Å². The second-order valence-corrected chi connectivity index (χ2v) is 8.31. The van der Waals surface area contributed by atoms with E-state index in [-0.39, 0.29) is 30.1 Å². The molecular weight excluding hydrogens is 338 g/mol. The molecular formula is C23H27NO3. The molecule has 0 radical (unpaired) electrons. The van der Waals surface area contributed by atoms with Crippen LogP contribution in [0.2, 0.25) is 0 Å².